The summed E-state index contributed by atoms with van der Waals surface area (Å²) in [6.45, 7) is 7.14. The number of nitrogens with zero attached hydrogens (tertiary/aromatic N) is 2. The second kappa shape index (κ2) is 7.43. The number of hydrogen-bond donors (Lipinski definition) is 1. The van der Waals surface area contributed by atoms with Crippen LogP contribution in [-0.2, 0) is 16.0 Å². The van der Waals surface area contributed by atoms with Crippen LogP contribution in [0.2, 0.25) is 0 Å². The van der Waals surface area contributed by atoms with Gasteiger partial charge in [0.15, 0.2) is 0 Å². The maximum Gasteiger partial charge on any atom is 0.274 e. The molecule has 1 atom stereocenters. The summed E-state index contributed by atoms with van der Waals surface area (Å²) in [5.41, 5.74) is 10.5. The second-order valence-electron chi connectivity index (χ2n) is 7.64. The molecule has 2 amide bonds. The molecule has 2 N–H and O–H groups in total. The van der Waals surface area contributed by atoms with E-state index in [1.807, 2.05) is 38.1 Å². The van der Waals surface area contributed by atoms with Crippen molar-refractivity contribution in [3.63, 3.8) is 0 Å². The molecule has 1 aromatic carbocycles. The number of carbonyl (C=O) groups excluding carboxylic acids is 2. The summed E-state index contributed by atoms with van der Waals surface area (Å²) in [5, 5.41) is 0. The normalized spacial score (nSPS) is 21.6. The van der Waals surface area contributed by atoms with Crippen molar-refractivity contribution < 1.29 is 14.3 Å². The number of fused-ring (bicyclic) bond motifs is 1. The number of primary amides is 1. The third kappa shape index (κ3) is 3.12. The number of rotatable bonds is 4. The van der Waals surface area contributed by atoms with E-state index in [4.69, 9.17) is 10.5 Å². The van der Waals surface area contributed by atoms with E-state index in [0.29, 0.717) is 30.8 Å². The number of allylic oxidation sites excluding steroid dienone is 2. The van der Waals surface area contributed by atoms with Gasteiger partial charge >= 0.3 is 0 Å². The van der Waals surface area contributed by atoms with Crippen LogP contribution in [0.3, 0.4) is 0 Å². The fourth-order valence-electron chi connectivity index (χ4n) is 4.41. The quantitative estimate of drug-likeness (QED) is 0.853. The van der Waals surface area contributed by atoms with E-state index in [2.05, 4.69) is 17.9 Å². The Hall–Kier alpha value is -3.02. The summed E-state index contributed by atoms with van der Waals surface area (Å²) in [6.07, 6.45) is 6.07. The molecule has 3 aliphatic heterocycles. The first kappa shape index (κ1) is 19.3. The minimum absolute atomic E-state index is 0.0797. The Morgan fingerprint density at radius 1 is 1.34 bits per heavy atom. The minimum Gasteiger partial charge on any atom is -0.493 e. The van der Waals surface area contributed by atoms with Crippen molar-refractivity contribution >= 4 is 17.5 Å². The predicted molar refractivity (Wildman–Crippen MR) is 112 cm³/mol. The number of hydrogen-bond acceptors (Lipinski definition) is 4. The molecular weight excluding hydrogens is 366 g/mol. The van der Waals surface area contributed by atoms with Crippen LogP contribution in [0.5, 0.6) is 5.75 Å². The summed E-state index contributed by atoms with van der Waals surface area (Å²) >= 11 is 0. The standard InChI is InChI=1S/C23H27N3O3/c1-4-14(3)25-10-8-18-19(22(24)27)13-16(5-2)26(21(18)23(25)28)17-6-7-20-15(12-17)9-11-29-20/h4,6-7,12-13,16H,5,8-11H2,1-3H3,(H2,24,27). The molecule has 0 saturated heterocycles. The Balaban J connectivity index is 1.88. The zero-order chi connectivity index (χ0) is 20.7. The van der Waals surface area contributed by atoms with Gasteiger partial charge in [-0.1, -0.05) is 13.0 Å². The molecule has 6 heteroatoms. The van der Waals surface area contributed by atoms with Crippen LogP contribution >= 0.6 is 0 Å². The highest BCUT2D eigenvalue weighted by Gasteiger charge is 2.40. The molecule has 0 aliphatic carbocycles. The SMILES string of the molecule is CC=C(C)N1CCC2=C(C1=O)N(c1ccc3c(c1)CCO3)C(CC)C=C2C(N)=O. The van der Waals surface area contributed by atoms with Gasteiger partial charge in [-0.3, -0.25) is 9.59 Å². The smallest absolute Gasteiger partial charge is 0.274 e. The molecule has 0 radical (unpaired) electrons. The van der Waals surface area contributed by atoms with Gasteiger partial charge in [0.2, 0.25) is 5.91 Å². The average molecular weight is 393 g/mol. The molecule has 0 spiro atoms. The lowest BCUT2D eigenvalue weighted by Gasteiger charge is -2.43. The van der Waals surface area contributed by atoms with Crippen molar-refractivity contribution in [1.82, 2.24) is 4.90 Å². The summed E-state index contributed by atoms with van der Waals surface area (Å²) in [6, 6.07) is 5.95. The lowest BCUT2D eigenvalue weighted by molar-refractivity contribution is -0.126. The highest BCUT2D eigenvalue weighted by Crippen LogP contribution is 2.40. The summed E-state index contributed by atoms with van der Waals surface area (Å²) < 4.78 is 5.65. The number of benzene rings is 1. The van der Waals surface area contributed by atoms with E-state index in [1.165, 1.54) is 0 Å². The summed E-state index contributed by atoms with van der Waals surface area (Å²) in [5.74, 6) is 0.355. The zero-order valence-electron chi connectivity index (χ0n) is 17.2. The number of anilines is 1. The Labute approximate surface area is 171 Å². The molecule has 0 bridgehead atoms. The largest absolute Gasteiger partial charge is 0.493 e. The van der Waals surface area contributed by atoms with Crippen molar-refractivity contribution in [3.05, 3.63) is 58.5 Å². The topological polar surface area (TPSA) is 75.9 Å². The van der Waals surface area contributed by atoms with Crippen LogP contribution in [-0.4, -0.2) is 35.9 Å². The van der Waals surface area contributed by atoms with Gasteiger partial charge in [-0.15, -0.1) is 0 Å². The van der Waals surface area contributed by atoms with Crippen LogP contribution in [0.25, 0.3) is 0 Å². The Bertz CT molecular complexity index is 974. The van der Waals surface area contributed by atoms with Gasteiger partial charge in [-0.05, 0) is 62.1 Å². The van der Waals surface area contributed by atoms with Gasteiger partial charge in [0.25, 0.3) is 5.91 Å². The maximum absolute atomic E-state index is 13.6. The molecule has 1 aromatic rings. The van der Waals surface area contributed by atoms with Gasteiger partial charge in [0.1, 0.15) is 11.4 Å². The fraction of sp³-hybridized carbons (Fsp3) is 0.391. The Kier molecular flexibility index (Phi) is 4.94. The lowest BCUT2D eigenvalue weighted by Crippen LogP contribution is -2.48. The molecular formula is C23H27N3O3. The monoisotopic (exact) mass is 393 g/mol. The number of ether oxygens (including phenoxy) is 1. The van der Waals surface area contributed by atoms with Crippen LogP contribution in [0.1, 0.15) is 39.2 Å². The van der Waals surface area contributed by atoms with E-state index >= 15 is 0 Å². The number of carbonyl (C=O) groups is 2. The molecule has 0 fully saturated rings. The van der Waals surface area contributed by atoms with E-state index in [9.17, 15) is 9.59 Å². The van der Waals surface area contributed by atoms with E-state index in [1.54, 1.807) is 4.90 Å². The van der Waals surface area contributed by atoms with E-state index in [-0.39, 0.29) is 11.9 Å². The van der Waals surface area contributed by atoms with Gasteiger partial charge in [0, 0.05) is 29.9 Å². The first-order chi connectivity index (χ1) is 14.0. The highest BCUT2D eigenvalue weighted by molar-refractivity contribution is 6.06. The van der Waals surface area contributed by atoms with E-state index in [0.717, 1.165) is 41.1 Å². The van der Waals surface area contributed by atoms with Gasteiger partial charge in [-0.2, -0.15) is 0 Å². The summed E-state index contributed by atoms with van der Waals surface area (Å²) in [7, 11) is 0. The molecule has 152 valence electrons. The van der Waals surface area contributed by atoms with Crippen molar-refractivity contribution in [2.75, 3.05) is 18.1 Å². The number of amides is 2. The molecule has 3 heterocycles. The highest BCUT2D eigenvalue weighted by atomic mass is 16.5. The zero-order valence-corrected chi connectivity index (χ0v) is 17.2. The molecule has 1 unspecified atom stereocenters. The van der Waals surface area contributed by atoms with Crippen molar-refractivity contribution in [1.29, 1.82) is 0 Å². The maximum atomic E-state index is 13.6. The first-order valence-electron chi connectivity index (χ1n) is 10.2. The second-order valence-corrected chi connectivity index (χ2v) is 7.64. The van der Waals surface area contributed by atoms with Gasteiger partial charge in [-0.25, -0.2) is 0 Å². The molecule has 0 saturated carbocycles. The van der Waals surface area contributed by atoms with Gasteiger partial charge < -0.3 is 20.3 Å². The fourth-order valence-corrected chi connectivity index (χ4v) is 4.41. The van der Waals surface area contributed by atoms with Crippen molar-refractivity contribution in [3.8, 4) is 5.75 Å². The van der Waals surface area contributed by atoms with Crippen LogP contribution in [0, 0.1) is 0 Å². The Morgan fingerprint density at radius 2 is 2.14 bits per heavy atom. The molecule has 4 rings (SSSR count). The molecule has 0 aromatic heterocycles. The third-order valence-corrected chi connectivity index (χ3v) is 6.05. The first-order valence-corrected chi connectivity index (χ1v) is 10.2. The Morgan fingerprint density at radius 3 is 2.83 bits per heavy atom. The molecule has 6 nitrogen and oxygen atoms in total. The molecule has 3 aliphatic rings. The van der Waals surface area contributed by atoms with Crippen LogP contribution in [0.15, 0.2) is 52.9 Å². The number of nitrogens with two attached hydrogens (primary N) is 1. The predicted octanol–water partition coefficient (Wildman–Crippen LogP) is 3.04. The molecule has 29 heavy (non-hydrogen) atoms. The average Bonchev–Trinajstić information content (AvgIpc) is 3.20. The summed E-state index contributed by atoms with van der Waals surface area (Å²) in [4.78, 5) is 29.7. The van der Waals surface area contributed by atoms with Gasteiger partial charge in [0.05, 0.1) is 12.6 Å². The van der Waals surface area contributed by atoms with Crippen molar-refractivity contribution in [2.24, 2.45) is 5.73 Å². The van der Waals surface area contributed by atoms with Crippen LogP contribution in [0.4, 0.5) is 5.69 Å². The van der Waals surface area contributed by atoms with E-state index < -0.39 is 5.91 Å². The minimum atomic E-state index is -0.470. The third-order valence-electron chi connectivity index (χ3n) is 6.05. The van der Waals surface area contributed by atoms with Crippen LogP contribution < -0.4 is 15.4 Å². The van der Waals surface area contributed by atoms with Crippen molar-refractivity contribution in [2.45, 2.75) is 46.1 Å². The lowest BCUT2D eigenvalue weighted by atomic mass is 9.88.